The molecule has 1 N–H and O–H groups in total. The highest BCUT2D eigenvalue weighted by atomic mass is 32.1. The lowest BCUT2D eigenvalue weighted by atomic mass is 9.75. The average Bonchev–Trinajstić information content (AvgIpc) is 3.00. The number of nitrogens with zero attached hydrogens (tertiary/aromatic N) is 2. The molecule has 3 rings (SSSR count). The standard InChI is InChI=1S/C19H26N2O2S/c1-15-20-11-18(24-15)12-21-8-4-7-19(13-21,14-22)10-16-5-3-6-17(9-16)23-2/h3,5-6,9,11,22H,4,7-8,10,12-14H2,1-2H3. The summed E-state index contributed by atoms with van der Waals surface area (Å²) in [6.07, 6.45) is 5.07. The van der Waals surface area contributed by atoms with Gasteiger partial charge >= 0.3 is 0 Å². The molecule has 0 amide bonds. The van der Waals surface area contributed by atoms with E-state index in [1.165, 1.54) is 10.4 Å². The average molecular weight is 346 g/mol. The van der Waals surface area contributed by atoms with Crippen molar-refractivity contribution in [1.82, 2.24) is 9.88 Å². The minimum Gasteiger partial charge on any atom is -0.497 e. The zero-order chi connectivity index (χ0) is 17.0. The van der Waals surface area contributed by atoms with E-state index in [0.29, 0.717) is 0 Å². The van der Waals surface area contributed by atoms with Gasteiger partial charge in [-0.15, -0.1) is 11.3 Å². The number of ether oxygens (including phenoxy) is 1. The van der Waals surface area contributed by atoms with Gasteiger partial charge in [-0.25, -0.2) is 4.98 Å². The van der Waals surface area contributed by atoms with Gasteiger partial charge in [-0.1, -0.05) is 12.1 Å². The molecule has 24 heavy (non-hydrogen) atoms. The Morgan fingerprint density at radius 1 is 1.42 bits per heavy atom. The van der Waals surface area contributed by atoms with Crippen LogP contribution in [0, 0.1) is 12.3 Å². The summed E-state index contributed by atoms with van der Waals surface area (Å²) in [5.74, 6) is 0.883. The maximum Gasteiger partial charge on any atom is 0.119 e. The largest absolute Gasteiger partial charge is 0.497 e. The van der Waals surface area contributed by atoms with Crippen molar-refractivity contribution in [2.24, 2.45) is 5.41 Å². The van der Waals surface area contributed by atoms with Crippen LogP contribution in [0.2, 0.25) is 0 Å². The molecular weight excluding hydrogens is 320 g/mol. The van der Waals surface area contributed by atoms with Crippen LogP contribution in [0.1, 0.15) is 28.3 Å². The fraction of sp³-hybridized carbons (Fsp3) is 0.526. The molecule has 2 aromatic rings. The van der Waals surface area contributed by atoms with E-state index in [9.17, 15) is 5.11 Å². The number of benzene rings is 1. The summed E-state index contributed by atoms with van der Waals surface area (Å²) >= 11 is 1.77. The fourth-order valence-electron chi connectivity index (χ4n) is 3.69. The van der Waals surface area contributed by atoms with Crippen LogP contribution in [-0.4, -0.2) is 41.8 Å². The Kier molecular flexibility index (Phi) is 5.54. The first-order valence-electron chi connectivity index (χ1n) is 8.50. The molecule has 1 aliphatic rings. The lowest BCUT2D eigenvalue weighted by Crippen LogP contribution is -2.46. The van der Waals surface area contributed by atoms with Crippen LogP contribution in [0.4, 0.5) is 0 Å². The minimum absolute atomic E-state index is 0.0651. The lowest BCUT2D eigenvalue weighted by molar-refractivity contribution is 0.0292. The Bertz CT molecular complexity index is 673. The third-order valence-corrected chi connectivity index (χ3v) is 5.74. The summed E-state index contributed by atoms with van der Waals surface area (Å²) in [5.41, 5.74) is 1.17. The Morgan fingerprint density at radius 3 is 3.00 bits per heavy atom. The maximum absolute atomic E-state index is 10.1. The number of thiazole rings is 1. The summed E-state index contributed by atoms with van der Waals surface area (Å²) in [6, 6.07) is 8.21. The number of hydrogen-bond donors (Lipinski definition) is 1. The van der Waals surface area contributed by atoms with Gasteiger partial charge in [-0.3, -0.25) is 4.90 Å². The molecule has 1 saturated heterocycles. The third-order valence-electron chi connectivity index (χ3n) is 4.84. The number of aromatic nitrogens is 1. The summed E-state index contributed by atoms with van der Waals surface area (Å²) in [6.45, 7) is 5.23. The molecule has 0 saturated carbocycles. The van der Waals surface area contributed by atoms with E-state index >= 15 is 0 Å². The Labute approximate surface area is 148 Å². The van der Waals surface area contributed by atoms with Crippen molar-refractivity contribution in [1.29, 1.82) is 0 Å². The van der Waals surface area contributed by atoms with Gasteiger partial charge in [-0.2, -0.15) is 0 Å². The first-order valence-corrected chi connectivity index (χ1v) is 9.32. The van der Waals surface area contributed by atoms with E-state index in [1.54, 1.807) is 18.4 Å². The number of aliphatic hydroxyl groups excluding tert-OH is 1. The van der Waals surface area contributed by atoms with Crippen molar-refractivity contribution in [2.75, 3.05) is 26.8 Å². The van der Waals surface area contributed by atoms with Gasteiger partial charge in [0, 0.05) is 29.6 Å². The molecule has 1 aromatic carbocycles. The highest BCUT2D eigenvalue weighted by molar-refractivity contribution is 7.11. The number of hydrogen-bond acceptors (Lipinski definition) is 5. The van der Waals surface area contributed by atoms with Crippen molar-refractivity contribution in [3.8, 4) is 5.75 Å². The SMILES string of the molecule is COc1cccc(CC2(CO)CCCN(Cc3cnc(C)s3)C2)c1. The first-order chi connectivity index (χ1) is 11.6. The van der Waals surface area contributed by atoms with Gasteiger partial charge < -0.3 is 9.84 Å². The Morgan fingerprint density at radius 2 is 2.29 bits per heavy atom. The van der Waals surface area contributed by atoms with E-state index in [1.807, 2.05) is 25.3 Å². The predicted octanol–water partition coefficient (Wildman–Crippen LogP) is 3.28. The molecular formula is C19H26N2O2S. The molecule has 0 radical (unpaired) electrons. The normalized spacial score (nSPS) is 21.8. The second kappa shape index (κ2) is 7.64. The van der Waals surface area contributed by atoms with Crippen LogP contribution >= 0.6 is 11.3 Å². The number of aliphatic hydroxyl groups is 1. The highest BCUT2D eigenvalue weighted by Gasteiger charge is 2.35. The van der Waals surface area contributed by atoms with E-state index < -0.39 is 0 Å². The molecule has 5 heteroatoms. The van der Waals surface area contributed by atoms with Crippen molar-refractivity contribution >= 4 is 11.3 Å². The van der Waals surface area contributed by atoms with E-state index in [0.717, 1.165) is 49.7 Å². The van der Waals surface area contributed by atoms with Crippen molar-refractivity contribution < 1.29 is 9.84 Å². The zero-order valence-corrected chi connectivity index (χ0v) is 15.3. The predicted molar refractivity (Wildman–Crippen MR) is 97.6 cm³/mol. The molecule has 0 bridgehead atoms. The van der Waals surface area contributed by atoms with Gasteiger partial charge in [0.05, 0.1) is 18.7 Å². The second-order valence-electron chi connectivity index (χ2n) is 6.85. The van der Waals surface area contributed by atoms with Crippen LogP contribution < -0.4 is 4.74 Å². The van der Waals surface area contributed by atoms with Crippen molar-refractivity contribution in [2.45, 2.75) is 32.7 Å². The number of likely N-dealkylation sites (tertiary alicyclic amines) is 1. The summed E-state index contributed by atoms with van der Waals surface area (Å²) in [5, 5.41) is 11.3. The van der Waals surface area contributed by atoms with Gasteiger partial charge in [0.2, 0.25) is 0 Å². The van der Waals surface area contributed by atoms with Crippen molar-refractivity contribution in [3.05, 3.63) is 45.9 Å². The smallest absolute Gasteiger partial charge is 0.119 e. The summed E-state index contributed by atoms with van der Waals surface area (Å²) in [4.78, 5) is 8.13. The summed E-state index contributed by atoms with van der Waals surface area (Å²) in [7, 11) is 1.69. The minimum atomic E-state index is -0.0651. The molecule has 1 unspecified atom stereocenters. The topological polar surface area (TPSA) is 45.6 Å². The van der Waals surface area contributed by atoms with Gasteiger partial charge in [0.1, 0.15) is 5.75 Å². The number of methoxy groups -OCH3 is 1. The van der Waals surface area contributed by atoms with E-state index in [-0.39, 0.29) is 12.0 Å². The van der Waals surface area contributed by atoms with E-state index in [2.05, 4.69) is 22.0 Å². The molecule has 0 spiro atoms. The Balaban J connectivity index is 1.70. The Hall–Kier alpha value is -1.43. The molecule has 1 aliphatic heterocycles. The highest BCUT2D eigenvalue weighted by Crippen LogP contribution is 2.35. The van der Waals surface area contributed by atoms with Gasteiger partial charge in [0.15, 0.2) is 0 Å². The molecule has 130 valence electrons. The zero-order valence-electron chi connectivity index (χ0n) is 14.5. The molecule has 0 aliphatic carbocycles. The number of piperidine rings is 1. The van der Waals surface area contributed by atoms with Crippen LogP contribution in [0.5, 0.6) is 5.75 Å². The van der Waals surface area contributed by atoms with Gasteiger partial charge in [-0.05, 0) is 50.4 Å². The lowest BCUT2D eigenvalue weighted by Gasteiger charge is -2.42. The molecule has 4 nitrogen and oxygen atoms in total. The number of rotatable bonds is 6. The first kappa shape index (κ1) is 17.4. The maximum atomic E-state index is 10.1. The number of aryl methyl sites for hydroxylation is 1. The second-order valence-corrected chi connectivity index (χ2v) is 8.17. The monoisotopic (exact) mass is 346 g/mol. The van der Waals surface area contributed by atoms with Crippen LogP contribution in [0.3, 0.4) is 0 Å². The summed E-state index contributed by atoms with van der Waals surface area (Å²) < 4.78 is 5.33. The van der Waals surface area contributed by atoms with Crippen LogP contribution in [0.25, 0.3) is 0 Å². The van der Waals surface area contributed by atoms with Crippen molar-refractivity contribution in [3.63, 3.8) is 0 Å². The molecule has 2 heterocycles. The molecule has 1 fully saturated rings. The molecule has 1 aromatic heterocycles. The molecule has 1 atom stereocenters. The van der Waals surface area contributed by atoms with Gasteiger partial charge in [0.25, 0.3) is 0 Å². The van der Waals surface area contributed by atoms with E-state index in [4.69, 9.17) is 4.74 Å². The third kappa shape index (κ3) is 4.15. The van der Waals surface area contributed by atoms with Crippen LogP contribution in [0.15, 0.2) is 30.5 Å². The quantitative estimate of drug-likeness (QED) is 0.872. The van der Waals surface area contributed by atoms with Crippen LogP contribution in [-0.2, 0) is 13.0 Å². The fourth-order valence-corrected chi connectivity index (χ4v) is 4.53.